The number of amides is 2. The Labute approximate surface area is 120 Å². The molecule has 5 nitrogen and oxygen atoms in total. The van der Waals surface area contributed by atoms with E-state index < -0.39 is 0 Å². The Bertz CT molecular complexity index is 419. The molecule has 1 saturated heterocycles. The van der Waals surface area contributed by atoms with Crippen LogP contribution >= 0.6 is 0 Å². The van der Waals surface area contributed by atoms with Gasteiger partial charge in [0, 0.05) is 38.7 Å². The highest BCUT2D eigenvalue weighted by Gasteiger charge is 2.23. The summed E-state index contributed by atoms with van der Waals surface area (Å²) >= 11 is 0. The highest BCUT2D eigenvalue weighted by molar-refractivity contribution is 5.96. The van der Waals surface area contributed by atoms with Gasteiger partial charge in [-0.3, -0.25) is 9.59 Å². The van der Waals surface area contributed by atoms with Crippen LogP contribution in [0.3, 0.4) is 0 Å². The lowest BCUT2D eigenvalue weighted by molar-refractivity contribution is -0.136. The van der Waals surface area contributed by atoms with E-state index in [4.69, 9.17) is 4.74 Å². The molecule has 1 fully saturated rings. The van der Waals surface area contributed by atoms with Crippen LogP contribution in [0.15, 0.2) is 23.5 Å². The Balaban J connectivity index is 2.65. The van der Waals surface area contributed by atoms with Gasteiger partial charge in [-0.15, -0.1) is 0 Å². The van der Waals surface area contributed by atoms with E-state index >= 15 is 0 Å². The summed E-state index contributed by atoms with van der Waals surface area (Å²) in [7, 11) is 0. The third kappa shape index (κ3) is 4.40. The minimum Gasteiger partial charge on any atom is -0.499 e. The van der Waals surface area contributed by atoms with Gasteiger partial charge < -0.3 is 14.5 Å². The molecule has 1 rings (SSSR count). The fourth-order valence-electron chi connectivity index (χ4n) is 2.16. The second-order valence-electron chi connectivity index (χ2n) is 4.73. The lowest BCUT2D eigenvalue weighted by atomic mass is 10.1. The molecule has 0 N–H and O–H groups in total. The molecule has 1 heterocycles. The number of carbonyl (C=O) groups excluding carboxylic acids is 2. The monoisotopic (exact) mass is 280 g/mol. The van der Waals surface area contributed by atoms with E-state index in [0.29, 0.717) is 38.4 Å². The molecule has 2 amide bonds. The van der Waals surface area contributed by atoms with Crippen molar-refractivity contribution in [2.45, 2.75) is 27.7 Å². The van der Waals surface area contributed by atoms with E-state index in [2.05, 4.69) is 0 Å². The topological polar surface area (TPSA) is 49.9 Å². The second kappa shape index (κ2) is 7.72. The van der Waals surface area contributed by atoms with Crippen molar-refractivity contribution in [1.82, 2.24) is 9.80 Å². The Morgan fingerprint density at radius 3 is 2.10 bits per heavy atom. The van der Waals surface area contributed by atoms with Crippen molar-refractivity contribution in [2.24, 2.45) is 0 Å². The van der Waals surface area contributed by atoms with Crippen molar-refractivity contribution in [3.8, 4) is 0 Å². The van der Waals surface area contributed by atoms with Crippen LogP contribution in [-0.4, -0.2) is 54.4 Å². The normalized spacial score (nSPS) is 17.2. The predicted molar refractivity (Wildman–Crippen MR) is 78.0 cm³/mol. The maximum absolute atomic E-state index is 12.4. The van der Waals surface area contributed by atoms with Gasteiger partial charge in [0.2, 0.25) is 5.91 Å². The molecule has 5 heteroatoms. The van der Waals surface area contributed by atoms with Gasteiger partial charge in [-0.05, 0) is 26.8 Å². The first-order valence-electron chi connectivity index (χ1n) is 7.01. The van der Waals surface area contributed by atoms with Crippen molar-refractivity contribution in [3.05, 3.63) is 23.5 Å². The number of ether oxygens (including phenoxy) is 1. The molecule has 1 aliphatic heterocycles. The van der Waals surface area contributed by atoms with Crippen molar-refractivity contribution >= 4 is 11.8 Å². The summed E-state index contributed by atoms with van der Waals surface area (Å²) in [4.78, 5) is 27.2. The molecular formula is C15H24N2O3. The maximum atomic E-state index is 12.4. The summed E-state index contributed by atoms with van der Waals surface area (Å²) in [5.74, 6) is 0.793. The number of carbonyl (C=O) groups is 2. The van der Waals surface area contributed by atoms with E-state index in [1.54, 1.807) is 28.9 Å². The van der Waals surface area contributed by atoms with Gasteiger partial charge in [-0.2, -0.15) is 0 Å². The number of piperazine rings is 1. The van der Waals surface area contributed by atoms with Gasteiger partial charge >= 0.3 is 0 Å². The lowest BCUT2D eigenvalue weighted by Gasteiger charge is -2.34. The minimum absolute atomic E-state index is 0.00486. The molecule has 0 aromatic heterocycles. The summed E-state index contributed by atoms with van der Waals surface area (Å²) in [6, 6.07) is 0. The molecule has 0 unspecified atom stereocenters. The number of rotatable bonds is 4. The highest BCUT2D eigenvalue weighted by Crippen LogP contribution is 2.11. The number of hydrogen-bond acceptors (Lipinski definition) is 3. The molecule has 0 aromatic rings. The molecular weight excluding hydrogens is 256 g/mol. The highest BCUT2D eigenvalue weighted by atomic mass is 16.5. The summed E-state index contributed by atoms with van der Waals surface area (Å²) in [5.41, 5.74) is 0.632. The van der Waals surface area contributed by atoms with E-state index in [1.165, 1.54) is 0 Å². The Morgan fingerprint density at radius 2 is 1.65 bits per heavy atom. The first-order chi connectivity index (χ1) is 9.49. The van der Waals surface area contributed by atoms with Crippen molar-refractivity contribution in [1.29, 1.82) is 0 Å². The van der Waals surface area contributed by atoms with Crippen LogP contribution in [0.25, 0.3) is 0 Å². The summed E-state index contributed by atoms with van der Waals surface area (Å²) in [5, 5.41) is 0. The molecule has 0 bridgehead atoms. The van der Waals surface area contributed by atoms with Gasteiger partial charge in [-0.25, -0.2) is 0 Å². The molecule has 0 aliphatic carbocycles. The Kier molecular flexibility index (Phi) is 6.28. The second-order valence-corrected chi connectivity index (χ2v) is 4.73. The van der Waals surface area contributed by atoms with Crippen LogP contribution in [0.4, 0.5) is 0 Å². The zero-order valence-electron chi connectivity index (χ0n) is 12.8. The van der Waals surface area contributed by atoms with Crippen LogP contribution in [0, 0.1) is 0 Å². The molecule has 0 radical (unpaired) electrons. The smallest absolute Gasteiger partial charge is 0.253 e. The molecule has 112 valence electrons. The predicted octanol–water partition coefficient (Wildman–Crippen LogP) is 1.56. The average molecular weight is 280 g/mol. The van der Waals surface area contributed by atoms with Crippen molar-refractivity contribution < 1.29 is 14.3 Å². The Morgan fingerprint density at radius 1 is 1.10 bits per heavy atom. The van der Waals surface area contributed by atoms with E-state index in [-0.39, 0.29) is 11.8 Å². The van der Waals surface area contributed by atoms with E-state index in [1.807, 2.05) is 20.8 Å². The maximum Gasteiger partial charge on any atom is 0.253 e. The Hall–Kier alpha value is -1.78. The zero-order valence-corrected chi connectivity index (χ0v) is 12.8. The minimum atomic E-state index is -0.00486. The van der Waals surface area contributed by atoms with Gasteiger partial charge in [0.1, 0.15) is 0 Å². The SMILES string of the molecule is CC=C(C=C(C)OCC)C(=O)N1CCN(C(C)=O)CC1. The van der Waals surface area contributed by atoms with Crippen LogP contribution in [0.2, 0.25) is 0 Å². The van der Waals surface area contributed by atoms with Crippen molar-refractivity contribution in [3.63, 3.8) is 0 Å². The molecule has 0 aromatic carbocycles. The number of hydrogen-bond donors (Lipinski definition) is 0. The van der Waals surface area contributed by atoms with Gasteiger partial charge in [0.25, 0.3) is 5.91 Å². The van der Waals surface area contributed by atoms with E-state index in [9.17, 15) is 9.59 Å². The summed E-state index contributed by atoms with van der Waals surface area (Å²) in [6.07, 6.45) is 3.56. The average Bonchev–Trinajstić information content (AvgIpc) is 2.44. The first kappa shape index (κ1) is 16.3. The quantitative estimate of drug-likeness (QED) is 0.446. The summed E-state index contributed by atoms with van der Waals surface area (Å²) in [6.45, 7) is 10.1. The zero-order chi connectivity index (χ0) is 15.1. The van der Waals surface area contributed by atoms with Crippen LogP contribution in [-0.2, 0) is 14.3 Å². The third-order valence-electron chi connectivity index (χ3n) is 3.30. The molecule has 20 heavy (non-hydrogen) atoms. The van der Waals surface area contributed by atoms with Gasteiger partial charge in [0.15, 0.2) is 0 Å². The van der Waals surface area contributed by atoms with Crippen LogP contribution < -0.4 is 0 Å². The molecule has 1 aliphatic rings. The van der Waals surface area contributed by atoms with Crippen LogP contribution in [0.5, 0.6) is 0 Å². The molecule has 0 atom stereocenters. The largest absolute Gasteiger partial charge is 0.499 e. The first-order valence-corrected chi connectivity index (χ1v) is 7.01. The number of allylic oxidation sites excluding steroid dienone is 2. The lowest BCUT2D eigenvalue weighted by Crippen LogP contribution is -2.50. The van der Waals surface area contributed by atoms with Crippen molar-refractivity contribution in [2.75, 3.05) is 32.8 Å². The van der Waals surface area contributed by atoms with Crippen LogP contribution in [0.1, 0.15) is 27.7 Å². The standard InChI is InChI=1S/C15H24N2O3/c1-5-14(11-12(3)20-6-2)15(19)17-9-7-16(8-10-17)13(4)18/h5,11H,6-10H2,1-4H3. The molecule has 0 saturated carbocycles. The summed E-state index contributed by atoms with van der Waals surface area (Å²) < 4.78 is 5.36. The molecule has 0 spiro atoms. The fraction of sp³-hybridized carbons (Fsp3) is 0.600. The number of nitrogens with zero attached hydrogens (tertiary/aromatic N) is 2. The fourth-order valence-corrected chi connectivity index (χ4v) is 2.16. The third-order valence-corrected chi connectivity index (χ3v) is 3.30. The van der Waals surface area contributed by atoms with Gasteiger partial charge in [-0.1, -0.05) is 6.08 Å². The van der Waals surface area contributed by atoms with Gasteiger partial charge in [0.05, 0.1) is 12.4 Å². The van der Waals surface area contributed by atoms with E-state index in [0.717, 1.165) is 5.76 Å².